The van der Waals surface area contributed by atoms with Crippen molar-refractivity contribution in [2.75, 3.05) is 24.5 Å². The first-order chi connectivity index (χ1) is 8.38. The maximum Gasteiger partial charge on any atom is 0.225 e. The van der Waals surface area contributed by atoms with Crippen LogP contribution in [0.3, 0.4) is 0 Å². The van der Waals surface area contributed by atoms with E-state index in [9.17, 15) is 0 Å². The molecule has 17 heavy (non-hydrogen) atoms. The van der Waals surface area contributed by atoms with Gasteiger partial charge in [-0.05, 0) is 12.8 Å². The number of hydrogen-bond donors (Lipinski definition) is 2. The van der Waals surface area contributed by atoms with Gasteiger partial charge in [0, 0.05) is 50.4 Å². The first-order valence-electron chi connectivity index (χ1n) is 6.40. The lowest BCUT2D eigenvalue weighted by Crippen LogP contribution is -2.37. The Kier molecular flexibility index (Phi) is 2.94. The molecule has 1 atom stereocenters. The summed E-state index contributed by atoms with van der Waals surface area (Å²) in [7, 11) is 0. The monoisotopic (exact) mass is 233 g/mol. The maximum absolute atomic E-state index is 5.79. The van der Waals surface area contributed by atoms with Crippen LogP contribution in [-0.4, -0.2) is 35.6 Å². The van der Waals surface area contributed by atoms with Crippen molar-refractivity contribution in [3.63, 3.8) is 0 Å². The predicted octanol–water partition coefficient (Wildman–Crippen LogP) is 0.0498. The van der Waals surface area contributed by atoms with Gasteiger partial charge in [0.1, 0.15) is 0 Å². The minimum Gasteiger partial charge on any atom is -0.337 e. The fraction of sp³-hybridized carbons (Fsp3) is 0.667. The molecule has 3 heterocycles. The van der Waals surface area contributed by atoms with Gasteiger partial charge in [0.25, 0.3) is 0 Å². The van der Waals surface area contributed by atoms with Crippen LogP contribution in [0.5, 0.6) is 0 Å². The Morgan fingerprint density at radius 3 is 3.35 bits per heavy atom. The molecule has 0 saturated carbocycles. The van der Waals surface area contributed by atoms with Gasteiger partial charge in [0.05, 0.1) is 5.69 Å². The van der Waals surface area contributed by atoms with Crippen molar-refractivity contribution in [2.24, 2.45) is 5.73 Å². The zero-order valence-electron chi connectivity index (χ0n) is 10.0. The second-order valence-corrected chi connectivity index (χ2v) is 4.79. The number of nitrogens with one attached hydrogen (secondary N) is 1. The highest BCUT2D eigenvalue weighted by molar-refractivity contribution is 5.37. The molecule has 2 aliphatic rings. The standard InChI is InChI=1S/C12H19N5/c13-6-10-2-1-5-17(10)12-15-8-9-7-14-4-3-11(9)16-12/h8,10,14H,1-7,13H2. The topological polar surface area (TPSA) is 67.1 Å². The molecule has 0 spiro atoms. The molecule has 0 amide bonds. The van der Waals surface area contributed by atoms with Gasteiger partial charge in [-0.25, -0.2) is 9.97 Å². The van der Waals surface area contributed by atoms with Gasteiger partial charge >= 0.3 is 0 Å². The summed E-state index contributed by atoms with van der Waals surface area (Å²) in [5.41, 5.74) is 8.24. The average Bonchev–Trinajstić information content (AvgIpc) is 2.86. The Balaban J connectivity index is 1.88. The van der Waals surface area contributed by atoms with E-state index < -0.39 is 0 Å². The van der Waals surface area contributed by atoms with Crippen LogP contribution in [0.25, 0.3) is 0 Å². The Morgan fingerprint density at radius 2 is 2.47 bits per heavy atom. The van der Waals surface area contributed by atoms with E-state index in [-0.39, 0.29) is 0 Å². The van der Waals surface area contributed by atoms with E-state index in [1.165, 1.54) is 24.1 Å². The van der Waals surface area contributed by atoms with Crippen LogP contribution in [0.4, 0.5) is 5.95 Å². The Hall–Kier alpha value is -1.20. The third-order valence-electron chi connectivity index (χ3n) is 3.70. The summed E-state index contributed by atoms with van der Waals surface area (Å²) in [6.45, 7) is 3.65. The molecule has 2 aliphatic heterocycles. The molecule has 0 bridgehead atoms. The molecule has 1 fully saturated rings. The first-order valence-corrected chi connectivity index (χ1v) is 6.40. The summed E-state index contributed by atoms with van der Waals surface area (Å²) >= 11 is 0. The highest BCUT2D eigenvalue weighted by atomic mass is 15.3. The van der Waals surface area contributed by atoms with Crippen molar-refractivity contribution in [3.8, 4) is 0 Å². The van der Waals surface area contributed by atoms with Crippen LogP contribution >= 0.6 is 0 Å². The van der Waals surface area contributed by atoms with Crippen molar-refractivity contribution < 1.29 is 0 Å². The van der Waals surface area contributed by atoms with Gasteiger partial charge in [-0.1, -0.05) is 0 Å². The molecule has 5 nitrogen and oxygen atoms in total. The molecule has 1 unspecified atom stereocenters. The Bertz CT molecular complexity index is 406. The summed E-state index contributed by atoms with van der Waals surface area (Å²) in [5, 5.41) is 3.34. The van der Waals surface area contributed by atoms with Crippen LogP contribution in [-0.2, 0) is 13.0 Å². The van der Waals surface area contributed by atoms with Crippen LogP contribution in [0.2, 0.25) is 0 Å². The molecule has 1 aromatic heterocycles. The summed E-state index contributed by atoms with van der Waals surface area (Å²) in [6, 6.07) is 0.426. The smallest absolute Gasteiger partial charge is 0.225 e. The van der Waals surface area contributed by atoms with Crippen LogP contribution < -0.4 is 16.0 Å². The molecule has 3 N–H and O–H groups in total. The molecule has 5 heteroatoms. The lowest BCUT2D eigenvalue weighted by atomic mass is 10.1. The molecule has 3 rings (SSSR count). The highest BCUT2D eigenvalue weighted by Crippen LogP contribution is 2.23. The number of nitrogens with zero attached hydrogens (tertiary/aromatic N) is 3. The van der Waals surface area contributed by atoms with Crippen molar-refractivity contribution in [2.45, 2.75) is 31.8 Å². The largest absolute Gasteiger partial charge is 0.337 e. The molecule has 0 aliphatic carbocycles. The Morgan fingerprint density at radius 1 is 1.53 bits per heavy atom. The summed E-state index contributed by atoms with van der Waals surface area (Å²) < 4.78 is 0. The van der Waals surface area contributed by atoms with Crippen molar-refractivity contribution >= 4 is 5.95 Å². The van der Waals surface area contributed by atoms with Gasteiger partial charge in [0.2, 0.25) is 5.95 Å². The predicted molar refractivity (Wildman–Crippen MR) is 66.9 cm³/mol. The molecular formula is C12H19N5. The zero-order chi connectivity index (χ0) is 11.7. The minimum atomic E-state index is 0.426. The van der Waals surface area contributed by atoms with Crippen LogP contribution in [0, 0.1) is 0 Å². The number of anilines is 1. The van der Waals surface area contributed by atoms with Crippen molar-refractivity contribution in [1.29, 1.82) is 0 Å². The quantitative estimate of drug-likeness (QED) is 0.755. The maximum atomic E-state index is 5.79. The van der Waals surface area contributed by atoms with Gasteiger partial charge in [-0.3, -0.25) is 0 Å². The number of hydrogen-bond acceptors (Lipinski definition) is 5. The number of rotatable bonds is 2. The lowest BCUT2D eigenvalue weighted by molar-refractivity contribution is 0.616. The summed E-state index contributed by atoms with van der Waals surface area (Å²) in [6.07, 6.45) is 5.34. The van der Waals surface area contributed by atoms with E-state index in [0.717, 1.165) is 32.0 Å². The van der Waals surface area contributed by atoms with Crippen LogP contribution in [0.15, 0.2) is 6.20 Å². The van der Waals surface area contributed by atoms with E-state index in [1.54, 1.807) is 0 Å². The fourth-order valence-electron chi connectivity index (χ4n) is 2.71. The third kappa shape index (κ3) is 2.00. The molecule has 1 aromatic rings. The molecule has 1 saturated heterocycles. The van der Waals surface area contributed by atoms with Gasteiger partial charge in [0.15, 0.2) is 0 Å². The lowest BCUT2D eigenvalue weighted by Gasteiger charge is -2.25. The second kappa shape index (κ2) is 4.58. The van der Waals surface area contributed by atoms with Crippen molar-refractivity contribution in [3.05, 3.63) is 17.5 Å². The van der Waals surface area contributed by atoms with E-state index in [1.807, 2.05) is 6.20 Å². The van der Waals surface area contributed by atoms with Gasteiger partial charge < -0.3 is 16.0 Å². The van der Waals surface area contributed by atoms with Gasteiger partial charge in [-0.15, -0.1) is 0 Å². The van der Waals surface area contributed by atoms with E-state index >= 15 is 0 Å². The average molecular weight is 233 g/mol. The fourth-order valence-corrected chi connectivity index (χ4v) is 2.71. The summed E-state index contributed by atoms with van der Waals surface area (Å²) in [4.78, 5) is 11.5. The first kappa shape index (κ1) is 10.9. The SMILES string of the molecule is NCC1CCCN1c1ncc2c(n1)CCNC2. The summed E-state index contributed by atoms with van der Waals surface area (Å²) in [5.74, 6) is 0.874. The number of aromatic nitrogens is 2. The van der Waals surface area contributed by atoms with Crippen molar-refractivity contribution in [1.82, 2.24) is 15.3 Å². The highest BCUT2D eigenvalue weighted by Gasteiger charge is 2.26. The minimum absolute atomic E-state index is 0.426. The van der Waals surface area contributed by atoms with E-state index in [0.29, 0.717) is 12.6 Å². The number of fused-ring (bicyclic) bond motifs is 1. The third-order valence-corrected chi connectivity index (χ3v) is 3.70. The van der Waals surface area contributed by atoms with Crippen LogP contribution in [0.1, 0.15) is 24.1 Å². The van der Waals surface area contributed by atoms with E-state index in [4.69, 9.17) is 10.7 Å². The normalized spacial score (nSPS) is 23.8. The molecular weight excluding hydrogens is 214 g/mol. The zero-order valence-corrected chi connectivity index (χ0v) is 10.0. The second-order valence-electron chi connectivity index (χ2n) is 4.79. The van der Waals surface area contributed by atoms with E-state index in [2.05, 4.69) is 15.2 Å². The molecule has 0 radical (unpaired) electrons. The number of nitrogens with two attached hydrogens (primary N) is 1. The Labute approximate surface area is 101 Å². The molecule has 0 aromatic carbocycles. The van der Waals surface area contributed by atoms with Gasteiger partial charge in [-0.2, -0.15) is 0 Å². The molecule has 92 valence electrons.